The summed E-state index contributed by atoms with van der Waals surface area (Å²) >= 11 is 0. The van der Waals surface area contributed by atoms with Crippen molar-refractivity contribution in [3.05, 3.63) is 120 Å². The number of hydrogen-bond acceptors (Lipinski definition) is 2. The fraction of sp³-hybridized carbons (Fsp3) is 0. The van der Waals surface area contributed by atoms with Gasteiger partial charge in [-0.2, -0.15) is 0 Å². The molecule has 31 heavy (non-hydrogen) atoms. The maximum Gasteiger partial charge on any atom is 0.124 e. The standard InChI is InChI=1S/C29H21NO/c31-28-17-9-8-16-25(28)27-20-23(14-5-4-12-21-10-2-1-3-11-21)29-24-15-7-6-13-22(24)18-19-26(29)30-27/h1-20,31H/b12-4+,14-5+. The van der Waals surface area contributed by atoms with Crippen molar-refractivity contribution in [3.63, 3.8) is 0 Å². The molecule has 0 radical (unpaired) electrons. The van der Waals surface area contributed by atoms with E-state index in [1.807, 2.05) is 42.5 Å². The SMILES string of the molecule is Oc1ccccc1-c1cc(/C=C/C=C/c2ccccc2)c2c(ccc3ccccc32)n1. The quantitative estimate of drug-likeness (QED) is 0.251. The zero-order valence-electron chi connectivity index (χ0n) is 16.9. The van der Waals surface area contributed by atoms with Gasteiger partial charge in [0.05, 0.1) is 11.2 Å². The van der Waals surface area contributed by atoms with Crippen LogP contribution in [-0.4, -0.2) is 10.1 Å². The number of aromatic hydroxyl groups is 1. The summed E-state index contributed by atoms with van der Waals surface area (Å²) in [5.41, 5.74) is 4.62. The van der Waals surface area contributed by atoms with Gasteiger partial charge in [0.1, 0.15) is 5.75 Å². The van der Waals surface area contributed by atoms with Crippen LogP contribution in [0.4, 0.5) is 0 Å². The lowest BCUT2D eigenvalue weighted by molar-refractivity contribution is 0.477. The number of allylic oxidation sites excluding steroid dienone is 2. The number of nitrogens with zero attached hydrogens (tertiary/aromatic N) is 1. The van der Waals surface area contributed by atoms with Crippen molar-refractivity contribution >= 4 is 33.8 Å². The van der Waals surface area contributed by atoms with Crippen molar-refractivity contribution in [2.45, 2.75) is 0 Å². The van der Waals surface area contributed by atoms with E-state index in [0.29, 0.717) is 0 Å². The first-order valence-corrected chi connectivity index (χ1v) is 10.3. The van der Waals surface area contributed by atoms with Gasteiger partial charge in [0, 0.05) is 10.9 Å². The van der Waals surface area contributed by atoms with Crippen molar-refractivity contribution in [2.75, 3.05) is 0 Å². The van der Waals surface area contributed by atoms with Crippen molar-refractivity contribution in [1.29, 1.82) is 0 Å². The molecule has 0 spiro atoms. The summed E-state index contributed by atoms with van der Waals surface area (Å²) in [6.45, 7) is 0. The van der Waals surface area contributed by atoms with Crippen LogP contribution in [0.15, 0.2) is 109 Å². The van der Waals surface area contributed by atoms with Crippen molar-refractivity contribution < 1.29 is 5.11 Å². The third kappa shape index (κ3) is 3.84. The van der Waals surface area contributed by atoms with E-state index in [1.165, 1.54) is 10.8 Å². The summed E-state index contributed by atoms with van der Waals surface area (Å²) in [6, 6.07) is 32.1. The number of pyridine rings is 1. The van der Waals surface area contributed by atoms with Crippen LogP contribution >= 0.6 is 0 Å². The van der Waals surface area contributed by atoms with E-state index in [9.17, 15) is 5.11 Å². The first-order valence-electron chi connectivity index (χ1n) is 10.3. The van der Waals surface area contributed by atoms with Crippen LogP contribution in [0.5, 0.6) is 5.75 Å². The molecule has 4 aromatic carbocycles. The van der Waals surface area contributed by atoms with Gasteiger partial charge >= 0.3 is 0 Å². The van der Waals surface area contributed by atoms with E-state index < -0.39 is 0 Å². The van der Waals surface area contributed by atoms with E-state index >= 15 is 0 Å². The van der Waals surface area contributed by atoms with Gasteiger partial charge in [0.15, 0.2) is 0 Å². The van der Waals surface area contributed by atoms with Crippen molar-refractivity contribution in [1.82, 2.24) is 4.98 Å². The first-order chi connectivity index (χ1) is 15.3. The maximum atomic E-state index is 10.4. The lowest BCUT2D eigenvalue weighted by Gasteiger charge is -2.11. The molecular formula is C29H21NO. The molecule has 5 rings (SSSR count). The molecule has 0 aliphatic carbocycles. The lowest BCUT2D eigenvalue weighted by atomic mass is 9.98. The lowest BCUT2D eigenvalue weighted by Crippen LogP contribution is -1.91. The van der Waals surface area contributed by atoms with Gasteiger partial charge in [0.25, 0.3) is 0 Å². The molecule has 1 heterocycles. The fourth-order valence-electron chi connectivity index (χ4n) is 3.89. The maximum absolute atomic E-state index is 10.4. The Balaban J connectivity index is 1.68. The Kier molecular flexibility index (Phi) is 5.04. The molecule has 2 nitrogen and oxygen atoms in total. The van der Waals surface area contributed by atoms with E-state index in [1.54, 1.807) is 6.07 Å². The Morgan fingerprint density at radius 2 is 1.42 bits per heavy atom. The molecule has 0 amide bonds. The van der Waals surface area contributed by atoms with Gasteiger partial charge < -0.3 is 5.11 Å². The Bertz CT molecular complexity index is 1430. The molecule has 0 saturated heterocycles. The van der Waals surface area contributed by atoms with Gasteiger partial charge in [-0.15, -0.1) is 0 Å². The number of para-hydroxylation sites is 1. The summed E-state index contributed by atoms with van der Waals surface area (Å²) in [7, 11) is 0. The van der Waals surface area contributed by atoms with Crippen LogP contribution in [0.25, 0.3) is 45.1 Å². The molecule has 0 fully saturated rings. The highest BCUT2D eigenvalue weighted by Gasteiger charge is 2.11. The van der Waals surface area contributed by atoms with Gasteiger partial charge in [-0.25, -0.2) is 4.98 Å². The van der Waals surface area contributed by atoms with Crippen molar-refractivity contribution in [3.8, 4) is 17.0 Å². The molecule has 0 atom stereocenters. The van der Waals surface area contributed by atoms with Crippen LogP contribution in [0.2, 0.25) is 0 Å². The Morgan fingerprint density at radius 3 is 2.29 bits per heavy atom. The smallest absolute Gasteiger partial charge is 0.124 e. The third-order valence-electron chi connectivity index (χ3n) is 5.38. The van der Waals surface area contributed by atoms with Crippen LogP contribution in [0.1, 0.15) is 11.1 Å². The largest absolute Gasteiger partial charge is 0.507 e. The summed E-state index contributed by atoms with van der Waals surface area (Å²) in [6.07, 6.45) is 8.30. The molecule has 0 saturated carbocycles. The second-order valence-electron chi connectivity index (χ2n) is 7.42. The number of phenols is 1. The average Bonchev–Trinajstić information content (AvgIpc) is 2.82. The topological polar surface area (TPSA) is 33.1 Å². The monoisotopic (exact) mass is 399 g/mol. The summed E-state index contributed by atoms with van der Waals surface area (Å²) in [4.78, 5) is 4.88. The number of fused-ring (bicyclic) bond motifs is 3. The fourth-order valence-corrected chi connectivity index (χ4v) is 3.89. The zero-order chi connectivity index (χ0) is 21.0. The molecule has 2 heteroatoms. The van der Waals surface area contributed by atoms with Gasteiger partial charge in [0.2, 0.25) is 0 Å². The predicted octanol–water partition coefficient (Wildman–Crippen LogP) is 7.49. The van der Waals surface area contributed by atoms with Gasteiger partial charge in [-0.05, 0) is 46.2 Å². The predicted molar refractivity (Wildman–Crippen MR) is 131 cm³/mol. The molecule has 0 aliphatic rings. The summed E-state index contributed by atoms with van der Waals surface area (Å²) in [5, 5.41) is 13.8. The highest BCUT2D eigenvalue weighted by molar-refractivity contribution is 6.10. The zero-order valence-corrected chi connectivity index (χ0v) is 16.9. The molecule has 5 aromatic rings. The van der Waals surface area contributed by atoms with Crippen LogP contribution in [0, 0.1) is 0 Å². The third-order valence-corrected chi connectivity index (χ3v) is 5.38. The molecular weight excluding hydrogens is 378 g/mol. The molecule has 0 bridgehead atoms. The minimum atomic E-state index is 0.231. The average molecular weight is 399 g/mol. The van der Waals surface area contributed by atoms with Crippen LogP contribution in [0.3, 0.4) is 0 Å². The Morgan fingerprint density at radius 1 is 0.677 bits per heavy atom. The van der Waals surface area contributed by atoms with E-state index in [0.717, 1.165) is 33.3 Å². The van der Waals surface area contributed by atoms with Crippen LogP contribution < -0.4 is 0 Å². The number of benzene rings is 4. The summed E-state index contributed by atoms with van der Waals surface area (Å²) in [5.74, 6) is 0.231. The number of rotatable bonds is 4. The Hall–Kier alpha value is -4.17. The minimum Gasteiger partial charge on any atom is -0.507 e. The number of phenolic OH excluding ortho intramolecular Hbond substituents is 1. The van der Waals surface area contributed by atoms with Crippen LogP contribution in [-0.2, 0) is 0 Å². The number of aromatic nitrogens is 1. The molecule has 148 valence electrons. The molecule has 0 unspecified atom stereocenters. The van der Waals surface area contributed by atoms with E-state index in [2.05, 4.69) is 72.8 Å². The van der Waals surface area contributed by atoms with Gasteiger partial charge in [-0.1, -0.05) is 97.1 Å². The van der Waals surface area contributed by atoms with E-state index in [-0.39, 0.29) is 5.75 Å². The first kappa shape index (κ1) is 18.8. The second kappa shape index (κ2) is 8.29. The molecule has 0 aliphatic heterocycles. The highest BCUT2D eigenvalue weighted by atomic mass is 16.3. The highest BCUT2D eigenvalue weighted by Crippen LogP contribution is 2.34. The van der Waals surface area contributed by atoms with E-state index in [4.69, 9.17) is 4.98 Å². The minimum absolute atomic E-state index is 0.231. The Labute approximate surface area is 181 Å². The number of hydrogen-bond donors (Lipinski definition) is 1. The molecule has 1 N–H and O–H groups in total. The normalized spacial score (nSPS) is 11.7. The summed E-state index contributed by atoms with van der Waals surface area (Å²) < 4.78 is 0. The molecule has 1 aromatic heterocycles. The van der Waals surface area contributed by atoms with Gasteiger partial charge in [-0.3, -0.25) is 0 Å². The second-order valence-corrected chi connectivity index (χ2v) is 7.42. The van der Waals surface area contributed by atoms with Crippen molar-refractivity contribution in [2.24, 2.45) is 0 Å².